The molecule has 300 valence electrons. The average molecular weight is 838 g/mol. The Morgan fingerprint density at radius 1 is 0.870 bits per heavy atom. The van der Waals surface area contributed by atoms with Crippen molar-refractivity contribution in [1.29, 1.82) is 0 Å². The Balaban J connectivity index is 0.000000306. The zero-order valence-corrected chi connectivity index (χ0v) is 31.9. The van der Waals surface area contributed by atoms with Crippen LogP contribution in [-0.4, -0.2) is 126 Å². The summed E-state index contributed by atoms with van der Waals surface area (Å²) in [6, 6.07) is 10.7. The van der Waals surface area contributed by atoms with Gasteiger partial charge in [-0.25, -0.2) is 31.8 Å². The Bertz CT molecular complexity index is 2090. The van der Waals surface area contributed by atoms with E-state index in [4.69, 9.17) is 38.8 Å². The standard InChI is InChI=1S/C15H22N6O5S.2C7H8O3S.H2O4S/c1-27(3-2-7(16)15(24)25)4-8-10(22)11(23)14(26-8)21-6-20-9-12(17)18-5-19-13(9)21;2*1-6-2-4-7(5-3-6)11(8,9)10;1-5(2,3)4/h5-8,10-11,14,22-23H,2-4,16H2,1H3,(H2-,17,18,19,24,25);2*2-5H,1H3,(H,8,9,10);(H2,1,2,3,4)/p-3/t7?,8-,10-,11-,14-,27?;;;/m1.../s1. The van der Waals surface area contributed by atoms with E-state index in [0.29, 0.717) is 29.1 Å². The normalized spacial score (nSPS) is 19.6. The number of carboxylic acids is 1. The molecule has 0 amide bonds. The number of aliphatic hydroxyl groups is 2. The summed E-state index contributed by atoms with van der Waals surface area (Å²) in [4.78, 5) is 22.6. The van der Waals surface area contributed by atoms with Crippen LogP contribution in [0.15, 0.2) is 71.0 Å². The monoisotopic (exact) mass is 837 g/mol. The van der Waals surface area contributed by atoms with Crippen LogP contribution < -0.4 is 11.5 Å². The Hall–Kier alpha value is -3.86. The molecule has 0 bridgehead atoms. The third kappa shape index (κ3) is 15.1. The van der Waals surface area contributed by atoms with E-state index in [9.17, 15) is 40.9 Å². The lowest BCUT2D eigenvalue weighted by Crippen LogP contribution is -2.37. The Morgan fingerprint density at radius 2 is 1.33 bits per heavy atom. The molecule has 3 heterocycles. The number of aromatic nitrogens is 4. The number of benzene rings is 2. The number of aliphatic hydroxyl groups excluding tert-OH is 2. The Labute approximate surface area is 313 Å². The van der Waals surface area contributed by atoms with Gasteiger partial charge in [-0.15, -0.1) is 0 Å². The van der Waals surface area contributed by atoms with Gasteiger partial charge >= 0.3 is 5.97 Å². The minimum absolute atomic E-state index is 0.178. The Morgan fingerprint density at radius 3 is 1.76 bits per heavy atom. The molecule has 0 radical (unpaired) electrons. The maximum absolute atomic E-state index is 10.8. The van der Waals surface area contributed by atoms with Crippen molar-refractivity contribution in [2.75, 3.05) is 23.5 Å². The molecule has 1 aliphatic rings. The summed E-state index contributed by atoms with van der Waals surface area (Å²) in [6.07, 6.45) is 1.31. The van der Waals surface area contributed by atoms with Gasteiger partial charge in [-0.2, -0.15) is 0 Å². The molecule has 4 aromatic rings. The summed E-state index contributed by atoms with van der Waals surface area (Å²) in [7, 11) is -13.9. The number of nitrogen functional groups attached to an aromatic ring is 1. The van der Waals surface area contributed by atoms with Crippen LogP contribution in [0.2, 0.25) is 0 Å². The number of aliphatic carboxylic acids is 1. The number of fused-ring (bicyclic) bond motifs is 1. The molecule has 5 rings (SSSR count). The number of carboxylic acid groups (broad SMARTS) is 1. The second-order valence-electron chi connectivity index (χ2n) is 11.5. The molecule has 0 aliphatic carbocycles. The van der Waals surface area contributed by atoms with Gasteiger partial charge in [0.05, 0.1) is 22.4 Å². The van der Waals surface area contributed by atoms with Crippen molar-refractivity contribution in [3.63, 3.8) is 0 Å². The molecule has 0 saturated carbocycles. The number of imidazole rings is 1. The molecular weight excluding hydrogens is 801 g/mol. The average Bonchev–Trinajstić information content (AvgIpc) is 3.60. The molecule has 0 spiro atoms. The zero-order valence-electron chi connectivity index (χ0n) is 28.6. The third-order valence-electron chi connectivity index (χ3n) is 7.16. The highest BCUT2D eigenvalue weighted by atomic mass is 32.3. The van der Waals surface area contributed by atoms with Gasteiger partial charge in [0.15, 0.2) is 17.7 Å². The van der Waals surface area contributed by atoms with Crippen molar-refractivity contribution in [2.24, 2.45) is 5.73 Å². The molecule has 1 saturated heterocycles. The van der Waals surface area contributed by atoms with Crippen LogP contribution in [0.25, 0.3) is 11.2 Å². The van der Waals surface area contributed by atoms with Crippen molar-refractivity contribution in [2.45, 2.75) is 60.6 Å². The summed E-state index contributed by atoms with van der Waals surface area (Å²) in [6.45, 7) is 3.64. The maximum Gasteiger partial charge on any atom is 0.320 e. The van der Waals surface area contributed by atoms with E-state index in [1.165, 1.54) is 41.5 Å². The van der Waals surface area contributed by atoms with Gasteiger partial charge in [-0.1, -0.05) is 35.4 Å². The second kappa shape index (κ2) is 19.6. The lowest BCUT2D eigenvalue weighted by molar-refractivity contribution is -0.138. The van der Waals surface area contributed by atoms with E-state index in [0.717, 1.165) is 11.1 Å². The van der Waals surface area contributed by atoms with E-state index >= 15 is 0 Å². The molecule has 54 heavy (non-hydrogen) atoms. The molecule has 7 N–H and O–H groups in total. The molecule has 2 aromatic carbocycles. The minimum atomic E-state index is -5.17. The number of rotatable bonds is 9. The molecule has 1 aliphatic heterocycles. The van der Waals surface area contributed by atoms with Gasteiger partial charge in [0.25, 0.3) is 0 Å². The lowest BCUT2D eigenvalue weighted by Gasteiger charge is -2.16. The van der Waals surface area contributed by atoms with Gasteiger partial charge in [-0.3, -0.25) is 17.8 Å². The number of anilines is 1. The summed E-state index contributed by atoms with van der Waals surface area (Å²) >= 11 is 0. The predicted molar refractivity (Wildman–Crippen MR) is 188 cm³/mol. The topological polar surface area (TPSA) is 377 Å². The molecule has 25 heteroatoms. The number of carbonyl (C=O) groups is 1. The molecule has 21 nitrogen and oxygen atoms in total. The van der Waals surface area contributed by atoms with Crippen LogP contribution in [0.1, 0.15) is 23.8 Å². The molecule has 6 atom stereocenters. The van der Waals surface area contributed by atoms with Gasteiger partial charge < -0.3 is 49.7 Å². The number of hydrogen-bond acceptors (Lipinski definition) is 19. The third-order valence-corrected chi connectivity index (χ3v) is 10.7. The molecular formula is C29H37N6O15S4-3. The fourth-order valence-electron chi connectivity index (χ4n) is 4.38. The summed E-state index contributed by atoms with van der Waals surface area (Å²) in [5, 5.41) is 29.7. The highest BCUT2D eigenvalue weighted by Crippen LogP contribution is 2.32. The number of aryl methyl sites for hydroxylation is 2. The van der Waals surface area contributed by atoms with E-state index in [-0.39, 0.29) is 26.5 Å². The van der Waals surface area contributed by atoms with Crippen LogP contribution in [0.5, 0.6) is 0 Å². The summed E-state index contributed by atoms with van der Waals surface area (Å²) in [5.41, 5.74) is 14.0. The van der Waals surface area contributed by atoms with E-state index < -0.39 is 67.2 Å². The van der Waals surface area contributed by atoms with Gasteiger partial charge in [0.1, 0.15) is 67.9 Å². The Kier molecular flexibility index (Phi) is 16.8. The number of hydrogen-bond donors (Lipinski definition) is 5. The largest absolute Gasteiger partial charge is 0.759 e. The first-order valence-electron chi connectivity index (χ1n) is 15.0. The number of nitrogens with two attached hydrogens (primary N) is 2. The molecule has 1 fully saturated rings. The quantitative estimate of drug-likeness (QED) is 0.0730. The van der Waals surface area contributed by atoms with Crippen molar-refractivity contribution in [3.8, 4) is 0 Å². The van der Waals surface area contributed by atoms with Gasteiger partial charge in [0, 0.05) is 16.8 Å². The first-order valence-corrected chi connectivity index (χ1v) is 21.2. The highest BCUT2D eigenvalue weighted by Gasteiger charge is 2.46. The van der Waals surface area contributed by atoms with Gasteiger partial charge in [0.2, 0.25) is 0 Å². The fraction of sp³-hybridized carbons (Fsp3) is 0.379. The SMILES string of the molecule is C[S+](CCC(N)C(=O)O)C[C@H]1O[C@@H](n2cnc3c(N)ncnc32)[C@H](O)[C@@H]1O.Cc1ccc(S(=O)(=O)[O-])cc1.Cc1ccc(S(=O)(=O)[O-])cc1.O=S(=O)([O-])[O-]. The highest BCUT2D eigenvalue weighted by molar-refractivity contribution is 7.96. The van der Waals surface area contributed by atoms with Crippen molar-refractivity contribution in [3.05, 3.63) is 72.3 Å². The number of ether oxygens (including phenoxy) is 1. The molecule has 2 unspecified atom stereocenters. The molecule has 2 aromatic heterocycles. The maximum atomic E-state index is 10.8. The van der Waals surface area contributed by atoms with Crippen molar-refractivity contribution >= 4 is 64.5 Å². The summed E-state index contributed by atoms with van der Waals surface area (Å²) in [5.74, 6) is 0.254. The van der Waals surface area contributed by atoms with Crippen LogP contribution in [0.3, 0.4) is 0 Å². The van der Waals surface area contributed by atoms with Crippen molar-refractivity contribution < 1.29 is 68.3 Å². The van der Waals surface area contributed by atoms with Crippen LogP contribution in [0, 0.1) is 13.8 Å². The van der Waals surface area contributed by atoms with E-state index in [2.05, 4.69) is 15.0 Å². The summed E-state index contributed by atoms with van der Waals surface area (Å²) < 4.78 is 104. The van der Waals surface area contributed by atoms with Crippen LogP contribution in [-0.2, 0) is 51.1 Å². The van der Waals surface area contributed by atoms with Crippen LogP contribution >= 0.6 is 0 Å². The zero-order chi connectivity index (χ0) is 41.2. The fourth-order valence-corrected chi connectivity index (χ4v) is 6.98. The van der Waals surface area contributed by atoms with E-state index in [1.54, 1.807) is 24.3 Å². The first-order chi connectivity index (χ1) is 24.8. The smallest absolute Gasteiger partial charge is 0.320 e. The number of nitrogens with zero attached hydrogens (tertiary/aromatic N) is 4. The first kappa shape index (κ1) is 46.3. The second-order valence-corrected chi connectivity index (χ2v) is 17.3. The van der Waals surface area contributed by atoms with Gasteiger partial charge in [-0.05, 0) is 49.0 Å². The predicted octanol–water partition coefficient (Wildman–Crippen LogP) is -1.46. The van der Waals surface area contributed by atoms with Crippen molar-refractivity contribution in [1.82, 2.24) is 19.5 Å². The minimum Gasteiger partial charge on any atom is -0.759 e. The van der Waals surface area contributed by atoms with Crippen LogP contribution in [0.4, 0.5) is 5.82 Å². The van der Waals surface area contributed by atoms with E-state index in [1.807, 2.05) is 20.1 Å². The lowest BCUT2D eigenvalue weighted by atomic mass is 10.1.